The zero-order valence-corrected chi connectivity index (χ0v) is 14.3. The lowest BCUT2D eigenvalue weighted by atomic mass is 10.2. The standard InChI is InChI=1S/C16H19N3O3S/c1-10(11(2)23(4,20)21)19(3)16-15-14(17-9-18-16)12-7-5-6-8-13(12)22-15/h5-11H,1-4H3/t10-,11-/m1/s1. The van der Waals surface area contributed by atoms with Crippen LogP contribution in [0.1, 0.15) is 13.8 Å². The van der Waals surface area contributed by atoms with Gasteiger partial charge in [0, 0.05) is 24.7 Å². The summed E-state index contributed by atoms with van der Waals surface area (Å²) in [5.41, 5.74) is 2.04. The average molecular weight is 333 g/mol. The van der Waals surface area contributed by atoms with Gasteiger partial charge in [-0.1, -0.05) is 12.1 Å². The van der Waals surface area contributed by atoms with Crippen molar-refractivity contribution in [3.8, 4) is 0 Å². The largest absolute Gasteiger partial charge is 0.450 e. The number of anilines is 1. The summed E-state index contributed by atoms with van der Waals surface area (Å²) in [5.74, 6) is 0.592. The van der Waals surface area contributed by atoms with Gasteiger partial charge in [0.15, 0.2) is 21.2 Å². The maximum absolute atomic E-state index is 11.8. The first kappa shape index (κ1) is 15.7. The SMILES string of the molecule is C[C@H]([C@@H](C)S(C)(=O)=O)N(C)c1ncnc2c1oc1ccccc12. The fraction of sp³-hybridized carbons (Fsp3) is 0.375. The van der Waals surface area contributed by atoms with Crippen molar-refractivity contribution in [1.29, 1.82) is 0 Å². The van der Waals surface area contributed by atoms with Gasteiger partial charge in [0.05, 0.1) is 5.25 Å². The lowest BCUT2D eigenvalue weighted by Crippen LogP contribution is -2.41. The van der Waals surface area contributed by atoms with E-state index >= 15 is 0 Å². The van der Waals surface area contributed by atoms with Crippen molar-refractivity contribution in [3.05, 3.63) is 30.6 Å². The van der Waals surface area contributed by atoms with Crippen LogP contribution in [0.3, 0.4) is 0 Å². The zero-order valence-electron chi connectivity index (χ0n) is 13.5. The second kappa shape index (κ2) is 5.49. The van der Waals surface area contributed by atoms with E-state index in [1.165, 1.54) is 12.6 Å². The summed E-state index contributed by atoms with van der Waals surface area (Å²) in [7, 11) is -1.33. The van der Waals surface area contributed by atoms with Gasteiger partial charge >= 0.3 is 0 Å². The van der Waals surface area contributed by atoms with E-state index in [9.17, 15) is 8.42 Å². The Labute approximate surface area is 135 Å². The van der Waals surface area contributed by atoms with E-state index < -0.39 is 15.1 Å². The smallest absolute Gasteiger partial charge is 0.196 e. The number of furan rings is 1. The summed E-state index contributed by atoms with van der Waals surface area (Å²) in [4.78, 5) is 10.5. The topological polar surface area (TPSA) is 76.3 Å². The summed E-state index contributed by atoms with van der Waals surface area (Å²) in [6.07, 6.45) is 2.73. The number of hydrogen-bond acceptors (Lipinski definition) is 6. The van der Waals surface area contributed by atoms with Gasteiger partial charge in [-0.25, -0.2) is 18.4 Å². The minimum absolute atomic E-state index is 0.253. The van der Waals surface area contributed by atoms with Crippen molar-refractivity contribution in [3.63, 3.8) is 0 Å². The number of hydrogen-bond donors (Lipinski definition) is 0. The van der Waals surface area contributed by atoms with Crippen LogP contribution in [0, 0.1) is 0 Å². The van der Waals surface area contributed by atoms with E-state index in [2.05, 4.69) is 9.97 Å². The lowest BCUT2D eigenvalue weighted by Gasteiger charge is -2.29. The molecule has 0 N–H and O–H groups in total. The summed E-state index contributed by atoms with van der Waals surface area (Å²) in [5, 5.41) is 0.394. The number of sulfone groups is 1. The molecule has 2 heterocycles. The Balaban J connectivity index is 2.12. The molecule has 0 spiro atoms. The van der Waals surface area contributed by atoms with Crippen LogP contribution in [0.25, 0.3) is 22.1 Å². The third-order valence-electron chi connectivity index (χ3n) is 4.44. The Morgan fingerprint density at radius 1 is 1.17 bits per heavy atom. The highest BCUT2D eigenvalue weighted by Gasteiger charge is 2.28. The molecule has 2 atom stereocenters. The van der Waals surface area contributed by atoms with Gasteiger partial charge in [-0.15, -0.1) is 0 Å². The number of rotatable bonds is 4. The molecule has 3 rings (SSSR count). The van der Waals surface area contributed by atoms with Crippen molar-refractivity contribution in [2.24, 2.45) is 0 Å². The second-order valence-electron chi connectivity index (χ2n) is 5.86. The van der Waals surface area contributed by atoms with Crippen molar-refractivity contribution >= 4 is 37.7 Å². The number of fused-ring (bicyclic) bond motifs is 3. The van der Waals surface area contributed by atoms with E-state index in [1.807, 2.05) is 43.1 Å². The Morgan fingerprint density at radius 3 is 2.57 bits per heavy atom. The van der Waals surface area contributed by atoms with Crippen LogP contribution in [-0.4, -0.2) is 43.0 Å². The first-order chi connectivity index (χ1) is 10.8. The molecule has 0 aliphatic carbocycles. The Hall–Kier alpha value is -2.15. The second-order valence-corrected chi connectivity index (χ2v) is 8.26. The fourth-order valence-corrected chi connectivity index (χ4v) is 3.53. The van der Waals surface area contributed by atoms with Crippen molar-refractivity contribution in [2.45, 2.75) is 25.1 Å². The van der Waals surface area contributed by atoms with Gasteiger partial charge in [-0.2, -0.15) is 0 Å². The van der Waals surface area contributed by atoms with Gasteiger partial charge in [0.25, 0.3) is 0 Å². The molecule has 0 fully saturated rings. The van der Waals surface area contributed by atoms with Gasteiger partial charge < -0.3 is 9.32 Å². The Kier molecular flexibility index (Phi) is 3.75. The third-order valence-corrected chi connectivity index (χ3v) is 6.18. The van der Waals surface area contributed by atoms with E-state index in [0.29, 0.717) is 11.4 Å². The molecule has 0 bridgehead atoms. The molecule has 1 aromatic carbocycles. The van der Waals surface area contributed by atoms with Gasteiger partial charge in [-0.3, -0.25) is 0 Å². The molecule has 23 heavy (non-hydrogen) atoms. The van der Waals surface area contributed by atoms with Gasteiger partial charge in [0.1, 0.15) is 17.4 Å². The fourth-order valence-electron chi connectivity index (χ4n) is 2.63. The molecule has 0 radical (unpaired) electrons. The molecule has 0 aliphatic heterocycles. The molecule has 0 amide bonds. The van der Waals surface area contributed by atoms with Gasteiger partial charge in [0.2, 0.25) is 0 Å². The number of para-hydroxylation sites is 1. The first-order valence-electron chi connectivity index (χ1n) is 7.34. The maximum Gasteiger partial charge on any atom is 0.196 e. The summed E-state index contributed by atoms with van der Waals surface area (Å²) in [6.45, 7) is 3.57. The molecule has 0 saturated carbocycles. The third kappa shape index (κ3) is 2.65. The molecular formula is C16H19N3O3S. The van der Waals surface area contributed by atoms with E-state index in [1.54, 1.807) is 6.92 Å². The highest BCUT2D eigenvalue weighted by atomic mass is 32.2. The molecule has 0 aliphatic rings. The molecule has 122 valence electrons. The minimum Gasteiger partial charge on any atom is -0.450 e. The van der Waals surface area contributed by atoms with E-state index in [-0.39, 0.29) is 6.04 Å². The van der Waals surface area contributed by atoms with Crippen LogP contribution in [0.4, 0.5) is 5.82 Å². The molecule has 6 nitrogen and oxygen atoms in total. The Bertz CT molecular complexity index is 965. The predicted molar refractivity (Wildman–Crippen MR) is 91.5 cm³/mol. The van der Waals surface area contributed by atoms with Crippen LogP contribution >= 0.6 is 0 Å². The first-order valence-corrected chi connectivity index (χ1v) is 9.30. The minimum atomic E-state index is -3.15. The predicted octanol–water partition coefficient (Wildman–Crippen LogP) is 2.63. The maximum atomic E-state index is 11.8. The van der Waals surface area contributed by atoms with Crippen molar-refractivity contribution in [1.82, 2.24) is 9.97 Å². The molecule has 2 aromatic heterocycles. The van der Waals surface area contributed by atoms with Crippen LogP contribution in [0.5, 0.6) is 0 Å². The molecule has 3 aromatic rings. The normalized spacial score (nSPS) is 15.0. The van der Waals surface area contributed by atoms with Crippen LogP contribution in [-0.2, 0) is 9.84 Å². The van der Waals surface area contributed by atoms with Crippen LogP contribution in [0.2, 0.25) is 0 Å². The monoisotopic (exact) mass is 333 g/mol. The number of nitrogens with zero attached hydrogens (tertiary/aromatic N) is 3. The molecular weight excluding hydrogens is 314 g/mol. The molecule has 0 saturated heterocycles. The zero-order chi connectivity index (χ0) is 16.8. The highest BCUT2D eigenvalue weighted by Crippen LogP contribution is 2.32. The van der Waals surface area contributed by atoms with Crippen LogP contribution < -0.4 is 4.90 Å². The summed E-state index contributed by atoms with van der Waals surface area (Å²) in [6, 6.07) is 7.40. The van der Waals surface area contributed by atoms with Gasteiger partial charge in [-0.05, 0) is 26.0 Å². The average Bonchev–Trinajstić information content (AvgIpc) is 2.90. The number of benzene rings is 1. The quantitative estimate of drug-likeness (QED) is 0.730. The summed E-state index contributed by atoms with van der Waals surface area (Å²) < 4.78 is 29.6. The lowest BCUT2D eigenvalue weighted by molar-refractivity contribution is 0.564. The Morgan fingerprint density at radius 2 is 1.87 bits per heavy atom. The van der Waals surface area contributed by atoms with E-state index in [0.717, 1.165) is 16.5 Å². The van der Waals surface area contributed by atoms with E-state index in [4.69, 9.17) is 4.42 Å². The molecule has 0 unspecified atom stereocenters. The highest BCUT2D eigenvalue weighted by molar-refractivity contribution is 7.91. The number of aromatic nitrogens is 2. The molecule has 7 heteroatoms. The van der Waals surface area contributed by atoms with Crippen molar-refractivity contribution < 1.29 is 12.8 Å². The van der Waals surface area contributed by atoms with Crippen molar-refractivity contribution in [2.75, 3.05) is 18.2 Å². The van der Waals surface area contributed by atoms with Crippen LogP contribution in [0.15, 0.2) is 35.0 Å². The summed E-state index contributed by atoms with van der Waals surface area (Å²) >= 11 is 0.